The fourth-order valence-electron chi connectivity index (χ4n) is 1.74. The Hall–Kier alpha value is -2.96. The molecule has 0 bridgehead atoms. The summed E-state index contributed by atoms with van der Waals surface area (Å²) in [6.07, 6.45) is 0. The molecule has 0 heterocycles. The van der Waals surface area contributed by atoms with E-state index in [1.807, 2.05) is 0 Å². The molecule has 21 heavy (non-hydrogen) atoms. The molecule has 0 radical (unpaired) electrons. The van der Waals surface area contributed by atoms with Crippen molar-refractivity contribution in [3.05, 3.63) is 63.5 Å². The molecule has 0 aliphatic carbocycles. The quantitative estimate of drug-likeness (QED) is 0.687. The molecule has 1 N–H and O–H groups in total. The number of carboxylic acid groups (broad SMARTS) is 1. The van der Waals surface area contributed by atoms with Crippen LogP contribution in [0.15, 0.2) is 36.4 Å². The Morgan fingerprint density at radius 1 is 1.24 bits per heavy atom. The lowest BCUT2D eigenvalue weighted by atomic mass is 10.1. The van der Waals surface area contributed by atoms with Crippen LogP contribution in [-0.4, -0.2) is 16.0 Å². The summed E-state index contributed by atoms with van der Waals surface area (Å²) in [5.41, 5.74) is -0.00566. The molecule has 0 amide bonds. The standard InChI is InChI=1S/C14H10FNO5/c1-8-2-4-12(10(6-8)14(17)18)21-13-5-3-9(15)7-11(13)16(19)20/h2-7H,1H3,(H,17,18). The molecular formula is C14H10FNO5. The summed E-state index contributed by atoms with van der Waals surface area (Å²) >= 11 is 0. The second kappa shape index (κ2) is 5.58. The zero-order valence-corrected chi connectivity index (χ0v) is 10.9. The maximum Gasteiger partial charge on any atom is 0.339 e. The summed E-state index contributed by atoms with van der Waals surface area (Å²) < 4.78 is 18.3. The number of carbonyl (C=O) groups is 1. The molecule has 0 aromatic heterocycles. The molecule has 2 aromatic carbocycles. The van der Waals surface area contributed by atoms with Gasteiger partial charge in [-0.2, -0.15) is 0 Å². The first-order valence-electron chi connectivity index (χ1n) is 5.84. The van der Waals surface area contributed by atoms with Crippen molar-refractivity contribution in [3.8, 4) is 11.5 Å². The molecule has 2 aromatic rings. The molecule has 0 atom stereocenters. The van der Waals surface area contributed by atoms with Gasteiger partial charge in [-0.05, 0) is 31.2 Å². The van der Waals surface area contributed by atoms with Crippen LogP contribution in [0.4, 0.5) is 10.1 Å². The Morgan fingerprint density at radius 2 is 1.90 bits per heavy atom. The van der Waals surface area contributed by atoms with Crippen LogP contribution in [0.25, 0.3) is 0 Å². The highest BCUT2D eigenvalue weighted by Crippen LogP contribution is 2.33. The summed E-state index contributed by atoms with van der Waals surface area (Å²) in [5.74, 6) is -2.29. The van der Waals surface area contributed by atoms with Crippen molar-refractivity contribution < 1.29 is 24.0 Å². The molecule has 108 valence electrons. The van der Waals surface area contributed by atoms with E-state index in [0.29, 0.717) is 11.6 Å². The average Bonchev–Trinajstić information content (AvgIpc) is 2.42. The predicted molar refractivity (Wildman–Crippen MR) is 71.3 cm³/mol. The number of aryl methyl sites for hydroxylation is 1. The predicted octanol–water partition coefficient (Wildman–Crippen LogP) is 3.53. The first-order chi connectivity index (χ1) is 9.88. The summed E-state index contributed by atoms with van der Waals surface area (Å²) in [4.78, 5) is 21.2. The van der Waals surface area contributed by atoms with Crippen molar-refractivity contribution in [2.45, 2.75) is 6.92 Å². The average molecular weight is 291 g/mol. The number of carboxylic acids is 1. The maximum absolute atomic E-state index is 13.1. The Balaban J connectivity index is 2.48. The number of ether oxygens (including phenoxy) is 1. The smallest absolute Gasteiger partial charge is 0.339 e. The zero-order chi connectivity index (χ0) is 15.6. The van der Waals surface area contributed by atoms with Crippen molar-refractivity contribution in [3.63, 3.8) is 0 Å². The lowest BCUT2D eigenvalue weighted by molar-refractivity contribution is -0.385. The van der Waals surface area contributed by atoms with E-state index in [0.717, 1.165) is 12.1 Å². The van der Waals surface area contributed by atoms with Gasteiger partial charge in [0.2, 0.25) is 5.75 Å². The first kappa shape index (κ1) is 14.4. The second-order valence-electron chi connectivity index (χ2n) is 4.28. The van der Waals surface area contributed by atoms with Gasteiger partial charge >= 0.3 is 11.7 Å². The lowest BCUT2D eigenvalue weighted by Gasteiger charge is -2.09. The molecule has 0 unspecified atom stereocenters. The fourth-order valence-corrected chi connectivity index (χ4v) is 1.74. The van der Waals surface area contributed by atoms with Gasteiger partial charge in [0.1, 0.15) is 17.1 Å². The Morgan fingerprint density at radius 3 is 2.52 bits per heavy atom. The summed E-state index contributed by atoms with van der Waals surface area (Å²) in [5, 5.41) is 20.0. The molecule has 6 nitrogen and oxygen atoms in total. The van der Waals surface area contributed by atoms with Crippen LogP contribution >= 0.6 is 0 Å². The number of aromatic carboxylic acids is 1. The summed E-state index contributed by atoms with van der Waals surface area (Å²) in [6, 6.07) is 7.18. The fraction of sp³-hybridized carbons (Fsp3) is 0.0714. The van der Waals surface area contributed by atoms with Crippen molar-refractivity contribution >= 4 is 11.7 Å². The molecule has 0 fully saturated rings. The van der Waals surface area contributed by atoms with Gasteiger partial charge in [0.25, 0.3) is 0 Å². The molecular weight excluding hydrogens is 281 g/mol. The van der Waals surface area contributed by atoms with Crippen LogP contribution in [0, 0.1) is 22.9 Å². The number of rotatable bonds is 4. The minimum atomic E-state index is -1.22. The van der Waals surface area contributed by atoms with E-state index >= 15 is 0 Å². The third-order valence-corrected chi connectivity index (χ3v) is 2.70. The SMILES string of the molecule is Cc1ccc(Oc2ccc(F)cc2[N+](=O)[O-])c(C(=O)O)c1. The molecule has 0 aliphatic rings. The Labute approximate surface area is 118 Å². The van der Waals surface area contributed by atoms with E-state index in [4.69, 9.17) is 9.84 Å². The van der Waals surface area contributed by atoms with Crippen LogP contribution < -0.4 is 4.74 Å². The minimum Gasteiger partial charge on any atom is -0.478 e. The molecule has 0 aliphatic heterocycles. The van der Waals surface area contributed by atoms with E-state index in [-0.39, 0.29) is 17.1 Å². The largest absolute Gasteiger partial charge is 0.478 e. The Bertz CT molecular complexity index is 668. The number of hydrogen-bond donors (Lipinski definition) is 1. The summed E-state index contributed by atoms with van der Waals surface area (Å²) in [7, 11) is 0. The maximum atomic E-state index is 13.1. The van der Waals surface area contributed by atoms with Crippen molar-refractivity contribution in [1.29, 1.82) is 0 Å². The van der Waals surface area contributed by atoms with Crippen LogP contribution in [-0.2, 0) is 0 Å². The van der Waals surface area contributed by atoms with Gasteiger partial charge in [-0.25, -0.2) is 9.18 Å². The van der Waals surface area contributed by atoms with Crippen LogP contribution in [0.2, 0.25) is 0 Å². The number of nitro benzene ring substituents is 1. The second-order valence-corrected chi connectivity index (χ2v) is 4.28. The number of halogens is 1. The van der Waals surface area contributed by atoms with Crippen LogP contribution in [0.5, 0.6) is 11.5 Å². The van der Waals surface area contributed by atoms with Crippen molar-refractivity contribution in [1.82, 2.24) is 0 Å². The highest BCUT2D eigenvalue weighted by Gasteiger charge is 2.19. The van der Waals surface area contributed by atoms with E-state index in [9.17, 15) is 19.3 Å². The first-order valence-corrected chi connectivity index (χ1v) is 5.84. The van der Waals surface area contributed by atoms with Gasteiger partial charge in [0.05, 0.1) is 11.0 Å². The van der Waals surface area contributed by atoms with Gasteiger partial charge < -0.3 is 9.84 Å². The van der Waals surface area contributed by atoms with Gasteiger partial charge in [0.15, 0.2) is 0 Å². The molecule has 7 heteroatoms. The molecule has 0 saturated heterocycles. The number of hydrogen-bond acceptors (Lipinski definition) is 4. The molecule has 2 rings (SSSR count). The number of benzene rings is 2. The van der Waals surface area contributed by atoms with Crippen LogP contribution in [0.3, 0.4) is 0 Å². The van der Waals surface area contributed by atoms with Gasteiger partial charge in [-0.1, -0.05) is 11.6 Å². The number of nitrogens with zero attached hydrogens (tertiary/aromatic N) is 1. The zero-order valence-electron chi connectivity index (χ0n) is 10.9. The van der Waals surface area contributed by atoms with E-state index < -0.39 is 22.4 Å². The third kappa shape index (κ3) is 3.14. The van der Waals surface area contributed by atoms with Crippen molar-refractivity contribution in [2.75, 3.05) is 0 Å². The van der Waals surface area contributed by atoms with E-state index in [2.05, 4.69) is 0 Å². The number of nitro groups is 1. The monoisotopic (exact) mass is 291 g/mol. The summed E-state index contributed by atoms with van der Waals surface area (Å²) in [6.45, 7) is 1.70. The van der Waals surface area contributed by atoms with E-state index in [1.165, 1.54) is 12.1 Å². The third-order valence-electron chi connectivity index (χ3n) is 2.70. The van der Waals surface area contributed by atoms with Gasteiger partial charge in [-0.15, -0.1) is 0 Å². The van der Waals surface area contributed by atoms with Crippen LogP contribution in [0.1, 0.15) is 15.9 Å². The normalized spacial score (nSPS) is 10.2. The topological polar surface area (TPSA) is 89.7 Å². The molecule has 0 spiro atoms. The molecule has 0 saturated carbocycles. The van der Waals surface area contributed by atoms with E-state index in [1.54, 1.807) is 13.0 Å². The highest BCUT2D eigenvalue weighted by molar-refractivity contribution is 5.91. The van der Waals surface area contributed by atoms with Gasteiger partial charge in [-0.3, -0.25) is 10.1 Å². The van der Waals surface area contributed by atoms with Gasteiger partial charge in [0, 0.05) is 0 Å². The highest BCUT2D eigenvalue weighted by atomic mass is 19.1. The minimum absolute atomic E-state index is 0.0530. The van der Waals surface area contributed by atoms with Crippen molar-refractivity contribution in [2.24, 2.45) is 0 Å². The Kier molecular flexibility index (Phi) is 3.84. The lowest BCUT2D eigenvalue weighted by Crippen LogP contribution is -2.02.